The van der Waals surface area contributed by atoms with Gasteiger partial charge in [-0.1, -0.05) is 6.92 Å². The Hall–Kier alpha value is -0.0800. The maximum absolute atomic E-state index is 3.31. The van der Waals surface area contributed by atoms with Gasteiger partial charge in [-0.15, -0.1) is 0 Å². The first-order chi connectivity index (χ1) is 5.30. The average molecular weight is 173 g/mol. The van der Waals surface area contributed by atoms with Crippen molar-refractivity contribution in [2.45, 2.75) is 32.9 Å². The quantitative estimate of drug-likeness (QED) is 0.632. The molecule has 12 heavy (non-hydrogen) atoms. The molecule has 0 saturated heterocycles. The van der Waals surface area contributed by atoms with Crippen LogP contribution in [0.4, 0.5) is 0 Å². The summed E-state index contributed by atoms with van der Waals surface area (Å²) in [5.41, 5.74) is 0. The molecule has 0 rings (SSSR count). The molecule has 0 radical (unpaired) electrons. The van der Waals surface area contributed by atoms with E-state index in [2.05, 4.69) is 47.2 Å². The van der Waals surface area contributed by atoms with E-state index in [9.17, 15) is 0 Å². The molecule has 0 heterocycles. The van der Waals surface area contributed by atoms with Crippen LogP contribution < -0.4 is 5.32 Å². The van der Waals surface area contributed by atoms with E-state index < -0.39 is 0 Å². The molecule has 2 nitrogen and oxygen atoms in total. The second-order valence-electron chi connectivity index (χ2n) is 4.79. The van der Waals surface area contributed by atoms with Gasteiger partial charge in [0.15, 0.2) is 0 Å². The van der Waals surface area contributed by atoms with Gasteiger partial charge in [-0.2, -0.15) is 0 Å². The molecule has 0 spiro atoms. The number of quaternary nitrogens is 1. The second-order valence-corrected chi connectivity index (χ2v) is 4.79. The molecule has 0 saturated carbocycles. The van der Waals surface area contributed by atoms with Gasteiger partial charge < -0.3 is 9.80 Å². The standard InChI is InChI=1S/C10H25N2/c1-8(9(2)11-4)10(3)12(5,6)7/h8-11H,1-7H3/q+1/t8-,9?,10-/m1/s1. The van der Waals surface area contributed by atoms with E-state index in [1.54, 1.807) is 0 Å². The number of nitrogens with zero attached hydrogens (tertiary/aromatic N) is 1. The summed E-state index contributed by atoms with van der Waals surface area (Å²) < 4.78 is 1.03. The van der Waals surface area contributed by atoms with Crippen LogP contribution in [-0.4, -0.2) is 44.8 Å². The molecule has 0 aliphatic carbocycles. The molecular weight excluding hydrogens is 148 g/mol. The van der Waals surface area contributed by atoms with Gasteiger partial charge in [-0.05, 0) is 20.9 Å². The van der Waals surface area contributed by atoms with Crippen LogP contribution in [-0.2, 0) is 0 Å². The summed E-state index contributed by atoms with van der Waals surface area (Å²) in [4.78, 5) is 0. The average Bonchev–Trinajstić information content (AvgIpc) is 1.98. The molecule has 0 aromatic heterocycles. The van der Waals surface area contributed by atoms with Crippen LogP contribution in [0, 0.1) is 5.92 Å². The zero-order valence-electron chi connectivity index (χ0n) is 9.68. The van der Waals surface area contributed by atoms with Crippen molar-refractivity contribution in [2.75, 3.05) is 28.2 Å². The third-order valence-corrected chi connectivity index (χ3v) is 3.23. The van der Waals surface area contributed by atoms with Crippen LogP contribution in [0.25, 0.3) is 0 Å². The Morgan fingerprint density at radius 3 is 1.67 bits per heavy atom. The molecule has 2 heteroatoms. The van der Waals surface area contributed by atoms with Gasteiger partial charge in [0, 0.05) is 12.0 Å². The van der Waals surface area contributed by atoms with Crippen LogP contribution in [0.3, 0.4) is 0 Å². The topological polar surface area (TPSA) is 12.0 Å². The molecule has 0 bridgehead atoms. The highest BCUT2D eigenvalue weighted by molar-refractivity contribution is 4.71. The van der Waals surface area contributed by atoms with Gasteiger partial charge in [-0.25, -0.2) is 0 Å². The highest BCUT2D eigenvalue weighted by atomic mass is 15.3. The van der Waals surface area contributed by atoms with Gasteiger partial charge in [-0.3, -0.25) is 0 Å². The van der Waals surface area contributed by atoms with E-state index in [1.165, 1.54) is 0 Å². The normalized spacial score (nSPS) is 20.2. The smallest absolute Gasteiger partial charge is 0.0896 e. The molecule has 3 atom stereocenters. The van der Waals surface area contributed by atoms with Crippen molar-refractivity contribution >= 4 is 0 Å². The first kappa shape index (κ1) is 11.9. The Morgan fingerprint density at radius 2 is 1.42 bits per heavy atom. The van der Waals surface area contributed by atoms with E-state index in [-0.39, 0.29) is 0 Å². The van der Waals surface area contributed by atoms with E-state index >= 15 is 0 Å². The molecule has 0 aliphatic rings. The Balaban J connectivity index is 4.19. The Bertz CT molecular complexity index is 126. The summed E-state index contributed by atoms with van der Waals surface area (Å²) in [6, 6.07) is 1.28. The third kappa shape index (κ3) is 3.11. The fourth-order valence-corrected chi connectivity index (χ4v) is 1.39. The lowest BCUT2D eigenvalue weighted by molar-refractivity contribution is -0.898. The monoisotopic (exact) mass is 173 g/mol. The predicted molar refractivity (Wildman–Crippen MR) is 55.2 cm³/mol. The molecule has 1 unspecified atom stereocenters. The summed E-state index contributed by atoms with van der Waals surface area (Å²) in [7, 11) is 8.79. The summed E-state index contributed by atoms with van der Waals surface area (Å²) in [5.74, 6) is 0.704. The molecule has 0 amide bonds. The maximum Gasteiger partial charge on any atom is 0.0896 e. The zero-order chi connectivity index (χ0) is 9.94. The van der Waals surface area contributed by atoms with Crippen molar-refractivity contribution < 1.29 is 4.48 Å². The maximum atomic E-state index is 3.31. The van der Waals surface area contributed by atoms with Crippen LogP contribution in [0.1, 0.15) is 20.8 Å². The minimum atomic E-state index is 0.595. The van der Waals surface area contributed by atoms with Crippen LogP contribution in [0.5, 0.6) is 0 Å². The fraction of sp³-hybridized carbons (Fsp3) is 1.00. The molecular formula is C10H25N2+. The van der Waals surface area contributed by atoms with E-state index in [0.29, 0.717) is 18.0 Å². The van der Waals surface area contributed by atoms with Crippen molar-refractivity contribution in [1.82, 2.24) is 5.32 Å². The Morgan fingerprint density at radius 1 is 1.00 bits per heavy atom. The largest absolute Gasteiger partial charge is 0.328 e. The lowest BCUT2D eigenvalue weighted by Gasteiger charge is -2.37. The minimum absolute atomic E-state index is 0.595. The van der Waals surface area contributed by atoms with E-state index in [0.717, 1.165) is 4.48 Å². The zero-order valence-corrected chi connectivity index (χ0v) is 9.68. The van der Waals surface area contributed by atoms with Gasteiger partial charge in [0.2, 0.25) is 0 Å². The highest BCUT2D eigenvalue weighted by Gasteiger charge is 2.27. The molecule has 1 N–H and O–H groups in total. The number of nitrogens with one attached hydrogen (secondary N) is 1. The van der Waals surface area contributed by atoms with Crippen molar-refractivity contribution in [3.8, 4) is 0 Å². The highest BCUT2D eigenvalue weighted by Crippen LogP contribution is 2.16. The SMILES string of the molecule is CNC(C)[C@@H](C)[C@@H](C)[N+](C)(C)C. The van der Waals surface area contributed by atoms with Crippen molar-refractivity contribution in [3.05, 3.63) is 0 Å². The third-order valence-electron chi connectivity index (χ3n) is 3.23. The van der Waals surface area contributed by atoms with E-state index in [1.807, 2.05) is 7.05 Å². The number of hydrogen-bond acceptors (Lipinski definition) is 1. The summed E-state index contributed by atoms with van der Waals surface area (Å²) in [5, 5.41) is 3.31. The van der Waals surface area contributed by atoms with E-state index in [4.69, 9.17) is 0 Å². The van der Waals surface area contributed by atoms with Crippen LogP contribution in [0.15, 0.2) is 0 Å². The van der Waals surface area contributed by atoms with Gasteiger partial charge in [0.1, 0.15) is 0 Å². The summed E-state index contributed by atoms with van der Waals surface area (Å²) in [6.45, 7) is 6.88. The van der Waals surface area contributed by atoms with Crippen LogP contribution >= 0.6 is 0 Å². The lowest BCUT2D eigenvalue weighted by Crippen LogP contribution is -2.51. The molecule has 74 valence electrons. The van der Waals surface area contributed by atoms with Gasteiger partial charge >= 0.3 is 0 Å². The van der Waals surface area contributed by atoms with Crippen molar-refractivity contribution in [1.29, 1.82) is 0 Å². The predicted octanol–water partition coefficient (Wildman–Crippen LogP) is 1.33. The molecule has 0 aromatic rings. The molecule has 0 fully saturated rings. The fourth-order valence-electron chi connectivity index (χ4n) is 1.39. The van der Waals surface area contributed by atoms with Gasteiger partial charge in [0.05, 0.1) is 27.2 Å². The lowest BCUT2D eigenvalue weighted by atomic mass is 9.94. The summed E-state index contributed by atoms with van der Waals surface area (Å²) >= 11 is 0. The number of hydrogen-bond donors (Lipinski definition) is 1. The first-order valence-corrected chi connectivity index (χ1v) is 4.79. The van der Waals surface area contributed by atoms with Crippen molar-refractivity contribution in [2.24, 2.45) is 5.92 Å². The van der Waals surface area contributed by atoms with Gasteiger partial charge in [0.25, 0.3) is 0 Å². The Labute approximate surface area is 77.5 Å². The van der Waals surface area contributed by atoms with Crippen molar-refractivity contribution in [3.63, 3.8) is 0 Å². The number of rotatable bonds is 4. The van der Waals surface area contributed by atoms with Crippen LogP contribution in [0.2, 0.25) is 0 Å². The Kier molecular flexibility index (Phi) is 4.21. The first-order valence-electron chi connectivity index (χ1n) is 4.79. The second kappa shape index (κ2) is 4.24. The molecule has 0 aliphatic heterocycles. The molecule has 0 aromatic carbocycles. The summed E-state index contributed by atoms with van der Waals surface area (Å²) in [6.07, 6.45) is 0. The minimum Gasteiger partial charge on any atom is -0.328 e.